The summed E-state index contributed by atoms with van der Waals surface area (Å²) in [5.41, 5.74) is 2.04. The summed E-state index contributed by atoms with van der Waals surface area (Å²) in [5.74, 6) is -0.920. The number of hydrogen-bond donors (Lipinski definition) is 2. The molecule has 3 rings (SSSR count). The third kappa shape index (κ3) is 4.89. The van der Waals surface area contributed by atoms with Crippen molar-refractivity contribution in [3.05, 3.63) is 83.6 Å². The minimum atomic E-state index is -0.335. The van der Waals surface area contributed by atoms with E-state index in [2.05, 4.69) is 22.2 Å². The zero-order chi connectivity index (χ0) is 19.9. The van der Waals surface area contributed by atoms with E-state index in [0.717, 1.165) is 0 Å². The van der Waals surface area contributed by atoms with Crippen molar-refractivity contribution < 1.29 is 14.0 Å². The van der Waals surface area contributed by atoms with E-state index in [1.54, 1.807) is 47.9 Å². The van der Waals surface area contributed by atoms with Gasteiger partial charge in [-0.05, 0) is 24.3 Å². The molecule has 0 bridgehead atoms. The minimum absolute atomic E-state index is 0.0500. The molecule has 2 aromatic carbocycles. The molecule has 0 spiro atoms. The van der Waals surface area contributed by atoms with Crippen LogP contribution >= 0.6 is 11.3 Å². The van der Waals surface area contributed by atoms with Crippen LogP contribution in [0.3, 0.4) is 0 Å². The number of rotatable bonds is 7. The minimum Gasteiger partial charge on any atom is -0.349 e. The van der Waals surface area contributed by atoms with Gasteiger partial charge in [0.1, 0.15) is 10.8 Å². The van der Waals surface area contributed by atoms with Gasteiger partial charge in [-0.3, -0.25) is 9.59 Å². The summed E-state index contributed by atoms with van der Waals surface area (Å²) in [6.45, 7) is 3.90. The number of para-hydroxylation sites is 1. The lowest BCUT2D eigenvalue weighted by molar-refractivity contribution is -0.115. The molecule has 0 fully saturated rings. The molecule has 0 aliphatic carbocycles. The van der Waals surface area contributed by atoms with Crippen LogP contribution in [-0.2, 0) is 11.2 Å². The summed E-state index contributed by atoms with van der Waals surface area (Å²) in [7, 11) is 0. The van der Waals surface area contributed by atoms with Crippen molar-refractivity contribution in [2.75, 3.05) is 11.9 Å². The normalized spacial score (nSPS) is 10.3. The van der Waals surface area contributed by atoms with Crippen LogP contribution in [0.4, 0.5) is 10.1 Å². The molecule has 0 atom stereocenters. The van der Waals surface area contributed by atoms with E-state index in [9.17, 15) is 14.0 Å². The van der Waals surface area contributed by atoms with Crippen LogP contribution in [0, 0.1) is 5.82 Å². The highest BCUT2D eigenvalue weighted by Gasteiger charge is 2.14. The molecule has 0 unspecified atom stereocenters. The first-order chi connectivity index (χ1) is 13.6. The highest BCUT2D eigenvalue weighted by atomic mass is 32.1. The summed E-state index contributed by atoms with van der Waals surface area (Å²) < 4.78 is 13.4. The summed E-state index contributed by atoms with van der Waals surface area (Å²) in [6.07, 6.45) is 1.63. The quantitative estimate of drug-likeness (QED) is 0.593. The number of hydrogen-bond acceptors (Lipinski definition) is 4. The van der Waals surface area contributed by atoms with Crippen molar-refractivity contribution in [1.82, 2.24) is 10.3 Å². The third-order valence-electron chi connectivity index (χ3n) is 3.82. The predicted octanol–water partition coefficient (Wildman–Crippen LogP) is 4.05. The molecular weight excluding hydrogens is 377 g/mol. The fraction of sp³-hybridized carbons (Fsp3) is 0.0952. The smallest absolute Gasteiger partial charge is 0.253 e. The van der Waals surface area contributed by atoms with Gasteiger partial charge >= 0.3 is 0 Å². The Hall–Kier alpha value is -3.32. The van der Waals surface area contributed by atoms with Gasteiger partial charge in [-0.15, -0.1) is 17.9 Å². The SMILES string of the molecule is C=CCNC(=O)c1ccccc1NC(=O)Cc1csc(-c2cccc(F)c2)n1. The van der Waals surface area contributed by atoms with Crippen LogP contribution in [0.15, 0.2) is 66.6 Å². The van der Waals surface area contributed by atoms with Gasteiger partial charge in [-0.2, -0.15) is 0 Å². The molecule has 2 N–H and O–H groups in total. The van der Waals surface area contributed by atoms with Crippen molar-refractivity contribution in [3.63, 3.8) is 0 Å². The lowest BCUT2D eigenvalue weighted by Crippen LogP contribution is -2.25. The molecule has 1 aromatic heterocycles. The second-order valence-corrected chi connectivity index (χ2v) is 6.78. The molecule has 28 heavy (non-hydrogen) atoms. The molecule has 142 valence electrons. The van der Waals surface area contributed by atoms with Gasteiger partial charge in [0.25, 0.3) is 5.91 Å². The summed E-state index contributed by atoms with van der Waals surface area (Å²) in [6, 6.07) is 12.9. The number of nitrogens with zero attached hydrogens (tertiary/aromatic N) is 1. The summed E-state index contributed by atoms with van der Waals surface area (Å²) in [5, 5.41) is 7.85. The average Bonchev–Trinajstić information content (AvgIpc) is 3.15. The topological polar surface area (TPSA) is 71.1 Å². The maximum Gasteiger partial charge on any atom is 0.253 e. The number of anilines is 1. The Labute approximate surface area is 165 Å². The monoisotopic (exact) mass is 395 g/mol. The maximum atomic E-state index is 13.4. The standard InChI is InChI=1S/C21H18FN3O2S/c1-2-10-23-20(27)17-8-3-4-9-18(17)25-19(26)12-16-13-28-21(24-16)14-6-5-7-15(22)11-14/h2-9,11,13H,1,10,12H2,(H,23,27)(H,25,26). The number of aromatic nitrogens is 1. The summed E-state index contributed by atoms with van der Waals surface area (Å²) in [4.78, 5) is 29.0. The van der Waals surface area contributed by atoms with Gasteiger partial charge in [-0.25, -0.2) is 9.37 Å². The number of benzene rings is 2. The molecule has 1 heterocycles. The molecular formula is C21H18FN3O2S. The Kier molecular flexibility index (Phi) is 6.29. The van der Waals surface area contributed by atoms with E-state index >= 15 is 0 Å². The van der Waals surface area contributed by atoms with Gasteiger partial charge in [0.05, 0.1) is 23.4 Å². The predicted molar refractivity (Wildman–Crippen MR) is 109 cm³/mol. The van der Waals surface area contributed by atoms with Crippen LogP contribution in [-0.4, -0.2) is 23.3 Å². The second-order valence-electron chi connectivity index (χ2n) is 5.92. The fourth-order valence-electron chi connectivity index (χ4n) is 2.55. The van der Waals surface area contributed by atoms with Gasteiger partial charge in [0.15, 0.2) is 0 Å². The molecule has 0 saturated carbocycles. The van der Waals surface area contributed by atoms with E-state index in [-0.39, 0.29) is 24.1 Å². The Morgan fingerprint density at radius 2 is 2.00 bits per heavy atom. The van der Waals surface area contributed by atoms with Gasteiger partial charge in [0.2, 0.25) is 5.91 Å². The first-order valence-corrected chi connectivity index (χ1v) is 9.43. The van der Waals surface area contributed by atoms with Crippen LogP contribution in [0.2, 0.25) is 0 Å². The number of nitrogens with one attached hydrogen (secondary N) is 2. The molecule has 5 nitrogen and oxygen atoms in total. The highest BCUT2D eigenvalue weighted by Crippen LogP contribution is 2.24. The van der Waals surface area contributed by atoms with Crippen LogP contribution in [0.1, 0.15) is 16.1 Å². The molecule has 0 aliphatic rings. The van der Waals surface area contributed by atoms with E-state index in [1.807, 2.05) is 0 Å². The molecule has 3 aromatic rings. The molecule has 0 saturated heterocycles. The largest absolute Gasteiger partial charge is 0.349 e. The van der Waals surface area contributed by atoms with Crippen LogP contribution < -0.4 is 10.6 Å². The maximum absolute atomic E-state index is 13.4. The van der Waals surface area contributed by atoms with E-state index < -0.39 is 0 Å². The summed E-state index contributed by atoms with van der Waals surface area (Å²) >= 11 is 1.35. The van der Waals surface area contributed by atoms with Gasteiger partial charge < -0.3 is 10.6 Å². The fourth-order valence-corrected chi connectivity index (χ4v) is 3.37. The van der Waals surface area contributed by atoms with E-state index in [4.69, 9.17) is 0 Å². The van der Waals surface area contributed by atoms with Crippen molar-refractivity contribution in [2.45, 2.75) is 6.42 Å². The number of halogens is 1. The molecule has 0 radical (unpaired) electrons. The first kappa shape index (κ1) is 19.4. The Morgan fingerprint density at radius 3 is 2.79 bits per heavy atom. The highest BCUT2D eigenvalue weighted by molar-refractivity contribution is 7.13. The Balaban J connectivity index is 1.68. The van der Waals surface area contributed by atoms with E-state index in [0.29, 0.717) is 34.1 Å². The molecule has 7 heteroatoms. The van der Waals surface area contributed by atoms with Crippen LogP contribution in [0.25, 0.3) is 10.6 Å². The number of carbonyl (C=O) groups excluding carboxylic acids is 2. The van der Waals surface area contributed by atoms with Crippen LogP contribution in [0.5, 0.6) is 0 Å². The lowest BCUT2D eigenvalue weighted by atomic mass is 10.1. The molecule has 2 amide bonds. The van der Waals surface area contributed by atoms with Gasteiger partial charge in [0, 0.05) is 17.5 Å². The number of amides is 2. The third-order valence-corrected chi connectivity index (χ3v) is 4.76. The van der Waals surface area contributed by atoms with Crippen molar-refractivity contribution in [1.29, 1.82) is 0 Å². The second kappa shape index (κ2) is 9.05. The zero-order valence-electron chi connectivity index (χ0n) is 14.9. The van der Waals surface area contributed by atoms with Crippen molar-refractivity contribution in [3.8, 4) is 10.6 Å². The van der Waals surface area contributed by atoms with E-state index in [1.165, 1.54) is 23.5 Å². The van der Waals surface area contributed by atoms with Crippen molar-refractivity contribution >= 4 is 28.8 Å². The van der Waals surface area contributed by atoms with Gasteiger partial charge in [-0.1, -0.05) is 30.3 Å². The number of thiazole rings is 1. The average molecular weight is 395 g/mol. The first-order valence-electron chi connectivity index (χ1n) is 8.55. The Bertz CT molecular complexity index is 1020. The van der Waals surface area contributed by atoms with Crippen molar-refractivity contribution in [2.24, 2.45) is 0 Å². The molecule has 0 aliphatic heterocycles. The zero-order valence-corrected chi connectivity index (χ0v) is 15.8. The Morgan fingerprint density at radius 1 is 1.18 bits per heavy atom. The lowest BCUT2D eigenvalue weighted by Gasteiger charge is -2.10. The number of carbonyl (C=O) groups is 2.